The average Bonchev–Trinajstić information content (AvgIpc) is 3.71. The molecule has 0 bridgehead atoms. The van der Waals surface area contributed by atoms with Crippen molar-refractivity contribution in [3.05, 3.63) is 193 Å². The molecular formula is C48H32N2O. The van der Waals surface area contributed by atoms with Crippen molar-refractivity contribution in [3.8, 4) is 56.2 Å². The monoisotopic (exact) mass is 652 g/mol. The van der Waals surface area contributed by atoms with Crippen LogP contribution in [0.3, 0.4) is 0 Å². The lowest BCUT2D eigenvalue weighted by molar-refractivity contribution is 0.669. The van der Waals surface area contributed by atoms with Gasteiger partial charge in [0.25, 0.3) is 0 Å². The van der Waals surface area contributed by atoms with Crippen molar-refractivity contribution in [2.24, 2.45) is 0 Å². The van der Waals surface area contributed by atoms with Crippen molar-refractivity contribution >= 4 is 21.9 Å². The van der Waals surface area contributed by atoms with Gasteiger partial charge < -0.3 is 4.42 Å². The van der Waals surface area contributed by atoms with Gasteiger partial charge in [-0.15, -0.1) is 0 Å². The molecule has 0 radical (unpaired) electrons. The summed E-state index contributed by atoms with van der Waals surface area (Å²) < 4.78 is 6.07. The highest BCUT2D eigenvalue weighted by molar-refractivity contribution is 6.06. The molecule has 9 aromatic rings. The first kappa shape index (κ1) is 29.3. The first-order valence-electron chi connectivity index (χ1n) is 17.4. The molecule has 0 amide bonds. The molecular weight excluding hydrogens is 621 g/mol. The topological polar surface area (TPSA) is 38.9 Å². The number of hydrogen-bond donors (Lipinski definition) is 0. The third-order valence-corrected chi connectivity index (χ3v) is 10.6. The highest BCUT2D eigenvalue weighted by Crippen LogP contribution is 2.52. The van der Waals surface area contributed by atoms with E-state index in [2.05, 4.69) is 153 Å². The number of hydrogen-bond acceptors (Lipinski definition) is 3. The fraction of sp³-hybridized carbons (Fsp3) is 0.0417. The lowest BCUT2D eigenvalue weighted by atomic mass is 9.74. The summed E-state index contributed by atoms with van der Waals surface area (Å²) >= 11 is 0. The maximum atomic E-state index is 6.07. The molecule has 0 N–H and O–H groups in total. The summed E-state index contributed by atoms with van der Waals surface area (Å²) in [7, 11) is 0. The predicted octanol–water partition coefficient (Wildman–Crippen LogP) is 12.4. The van der Waals surface area contributed by atoms with Crippen LogP contribution in [-0.4, -0.2) is 9.97 Å². The molecule has 2 heterocycles. The van der Waals surface area contributed by atoms with E-state index in [1.807, 2.05) is 30.3 Å². The molecule has 10 rings (SSSR count). The summed E-state index contributed by atoms with van der Waals surface area (Å²) in [6.07, 6.45) is 0. The second-order valence-electron chi connectivity index (χ2n) is 13.5. The molecule has 0 unspecified atom stereocenters. The lowest BCUT2D eigenvalue weighted by Crippen LogP contribution is -2.22. The molecule has 0 aliphatic heterocycles. The maximum Gasteiger partial charge on any atom is 0.160 e. The summed E-state index contributed by atoms with van der Waals surface area (Å²) in [5, 5.41) is 2.26. The Morgan fingerprint density at radius 2 is 1.00 bits per heavy atom. The van der Waals surface area contributed by atoms with Crippen LogP contribution < -0.4 is 0 Å². The molecule has 1 aliphatic rings. The van der Waals surface area contributed by atoms with Gasteiger partial charge in [-0.2, -0.15) is 0 Å². The first-order chi connectivity index (χ1) is 25.1. The maximum absolute atomic E-state index is 6.07. The van der Waals surface area contributed by atoms with Crippen molar-refractivity contribution in [1.29, 1.82) is 0 Å². The molecule has 3 heteroatoms. The molecule has 0 saturated heterocycles. The van der Waals surface area contributed by atoms with Gasteiger partial charge in [-0.1, -0.05) is 146 Å². The van der Waals surface area contributed by atoms with Gasteiger partial charge in [-0.25, -0.2) is 9.97 Å². The summed E-state index contributed by atoms with van der Waals surface area (Å²) in [6, 6.07) is 62.2. The Hall–Kier alpha value is -6.58. The van der Waals surface area contributed by atoms with E-state index in [0.717, 1.165) is 61.1 Å². The minimum Gasteiger partial charge on any atom is -0.456 e. The fourth-order valence-electron chi connectivity index (χ4n) is 7.95. The third kappa shape index (κ3) is 4.74. The first-order valence-corrected chi connectivity index (χ1v) is 17.4. The number of fused-ring (bicyclic) bond motifs is 6. The van der Waals surface area contributed by atoms with E-state index in [0.29, 0.717) is 5.82 Å². The molecule has 51 heavy (non-hydrogen) atoms. The average molecular weight is 653 g/mol. The van der Waals surface area contributed by atoms with Crippen molar-refractivity contribution in [2.45, 2.75) is 12.3 Å². The molecule has 0 spiro atoms. The Morgan fingerprint density at radius 1 is 0.412 bits per heavy atom. The fourth-order valence-corrected chi connectivity index (χ4v) is 7.95. The van der Waals surface area contributed by atoms with E-state index in [9.17, 15) is 0 Å². The zero-order valence-electron chi connectivity index (χ0n) is 28.0. The van der Waals surface area contributed by atoms with Gasteiger partial charge in [-0.05, 0) is 76.2 Å². The van der Waals surface area contributed by atoms with E-state index in [4.69, 9.17) is 14.4 Å². The Kier molecular flexibility index (Phi) is 6.62. The number of furan rings is 1. The summed E-state index contributed by atoms with van der Waals surface area (Å²) in [6.45, 7) is 2.35. The van der Waals surface area contributed by atoms with Gasteiger partial charge in [0, 0.05) is 32.9 Å². The Balaban J connectivity index is 1.07. The highest BCUT2D eigenvalue weighted by atomic mass is 16.3. The SMILES string of the molecule is CC1(c2cccc(-c3cc(-c4ccc(-c5ccc6oc7ccccc7c6c5)cc4)nc(-c4ccccc4)n3)c2)c2ccccc2-c2ccccc21. The van der Waals surface area contributed by atoms with Gasteiger partial charge in [0.15, 0.2) is 5.82 Å². The molecule has 2 aromatic heterocycles. The van der Waals surface area contributed by atoms with Crippen LogP contribution in [-0.2, 0) is 5.41 Å². The van der Waals surface area contributed by atoms with E-state index >= 15 is 0 Å². The van der Waals surface area contributed by atoms with Gasteiger partial charge >= 0.3 is 0 Å². The Morgan fingerprint density at radius 3 is 1.76 bits per heavy atom. The van der Waals surface area contributed by atoms with Crippen LogP contribution in [0, 0.1) is 0 Å². The van der Waals surface area contributed by atoms with Gasteiger partial charge in [0.2, 0.25) is 0 Å². The van der Waals surface area contributed by atoms with E-state index < -0.39 is 0 Å². The van der Waals surface area contributed by atoms with Crippen LogP contribution in [0.1, 0.15) is 23.6 Å². The lowest BCUT2D eigenvalue weighted by Gasteiger charge is -2.28. The zero-order valence-corrected chi connectivity index (χ0v) is 28.0. The third-order valence-electron chi connectivity index (χ3n) is 10.6. The minimum absolute atomic E-state index is 0.289. The summed E-state index contributed by atoms with van der Waals surface area (Å²) in [5.74, 6) is 0.706. The van der Waals surface area contributed by atoms with Gasteiger partial charge in [0.05, 0.1) is 11.4 Å². The molecule has 0 saturated carbocycles. The van der Waals surface area contributed by atoms with Crippen LogP contribution in [0.25, 0.3) is 78.1 Å². The molecule has 7 aromatic carbocycles. The van der Waals surface area contributed by atoms with Crippen LogP contribution >= 0.6 is 0 Å². The molecule has 240 valence electrons. The minimum atomic E-state index is -0.289. The van der Waals surface area contributed by atoms with E-state index in [-0.39, 0.29) is 5.41 Å². The number of aromatic nitrogens is 2. The second kappa shape index (κ2) is 11.5. The molecule has 3 nitrogen and oxygen atoms in total. The van der Waals surface area contributed by atoms with Crippen LogP contribution in [0.4, 0.5) is 0 Å². The normalized spacial score (nSPS) is 13.0. The van der Waals surface area contributed by atoms with E-state index in [1.54, 1.807) is 0 Å². The molecule has 0 atom stereocenters. The van der Waals surface area contributed by atoms with Gasteiger partial charge in [0.1, 0.15) is 11.2 Å². The highest BCUT2D eigenvalue weighted by Gasteiger charge is 2.40. The summed E-state index contributed by atoms with van der Waals surface area (Å²) in [4.78, 5) is 10.3. The number of benzene rings is 7. The quantitative estimate of drug-likeness (QED) is 0.186. The second-order valence-corrected chi connectivity index (χ2v) is 13.5. The van der Waals surface area contributed by atoms with Crippen LogP contribution in [0.2, 0.25) is 0 Å². The Bertz CT molecular complexity index is 2710. The number of nitrogens with zero attached hydrogens (tertiary/aromatic N) is 2. The smallest absolute Gasteiger partial charge is 0.160 e. The van der Waals surface area contributed by atoms with Crippen LogP contribution in [0.5, 0.6) is 0 Å². The number of para-hydroxylation sites is 1. The van der Waals surface area contributed by atoms with Crippen molar-refractivity contribution in [1.82, 2.24) is 9.97 Å². The van der Waals surface area contributed by atoms with E-state index in [1.165, 1.54) is 27.8 Å². The molecule has 0 fully saturated rings. The largest absolute Gasteiger partial charge is 0.456 e. The number of rotatable bonds is 5. The summed E-state index contributed by atoms with van der Waals surface area (Å²) in [5.41, 5.74) is 15.2. The van der Waals surface area contributed by atoms with Gasteiger partial charge in [-0.3, -0.25) is 0 Å². The van der Waals surface area contributed by atoms with Crippen LogP contribution in [0.15, 0.2) is 180 Å². The zero-order chi connectivity index (χ0) is 33.9. The standard InChI is InChI=1S/C48H32N2O/c1-48(41-19-8-5-16-37(41)38-17-6-9-20-42(38)48)36-15-11-14-35(28-36)44-30-43(49-47(50-44)33-12-3-2-4-13-33)32-24-22-31(23-25-32)34-26-27-46-40(29-34)39-18-7-10-21-45(39)51-46/h2-30H,1H3. The van der Waals surface area contributed by atoms with Crippen molar-refractivity contribution in [3.63, 3.8) is 0 Å². The molecule has 1 aliphatic carbocycles. The van der Waals surface area contributed by atoms with Crippen molar-refractivity contribution in [2.75, 3.05) is 0 Å². The Labute approximate surface area is 296 Å². The predicted molar refractivity (Wildman–Crippen MR) is 208 cm³/mol. The van der Waals surface area contributed by atoms with Crippen molar-refractivity contribution < 1.29 is 4.42 Å².